The predicted molar refractivity (Wildman–Crippen MR) is 207 cm³/mol. The fourth-order valence-corrected chi connectivity index (χ4v) is 7.55. The van der Waals surface area contributed by atoms with E-state index in [0.717, 1.165) is 61.4 Å². The van der Waals surface area contributed by atoms with Gasteiger partial charge in [0.1, 0.15) is 5.82 Å². The first-order valence-electron chi connectivity index (χ1n) is 16.9. The van der Waals surface area contributed by atoms with Crippen LogP contribution in [0.2, 0.25) is 0 Å². The molecular formula is C46H30N4. The molecule has 0 spiro atoms. The van der Waals surface area contributed by atoms with Gasteiger partial charge in [-0.25, -0.2) is 4.98 Å². The molecule has 0 atom stereocenters. The lowest BCUT2D eigenvalue weighted by molar-refractivity contribution is 1.08. The number of hydrogen-bond acceptors (Lipinski definition) is 2. The van der Waals surface area contributed by atoms with Gasteiger partial charge in [-0.1, -0.05) is 115 Å². The van der Waals surface area contributed by atoms with Crippen LogP contribution < -0.4 is 0 Å². The Hall–Kier alpha value is -6.78. The first-order valence-corrected chi connectivity index (χ1v) is 16.9. The number of pyridine rings is 2. The molecule has 0 bridgehead atoms. The summed E-state index contributed by atoms with van der Waals surface area (Å²) in [5.74, 6) is 0.856. The highest BCUT2D eigenvalue weighted by atomic mass is 15.1. The van der Waals surface area contributed by atoms with Gasteiger partial charge in [0.25, 0.3) is 0 Å². The fraction of sp³-hybridized carbons (Fsp3) is 0. The molecule has 234 valence electrons. The molecule has 6 aromatic carbocycles. The number of aromatic nitrogens is 4. The van der Waals surface area contributed by atoms with Crippen molar-refractivity contribution in [3.8, 4) is 45.0 Å². The van der Waals surface area contributed by atoms with Crippen LogP contribution in [-0.4, -0.2) is 19.1 Å². The van der Waals surface area contributed by atoms with Gasteiger partial charge in [0, 0.05) is 33.6 Å². The van der Waals surface area contributed by atoms with Crippen LogP contribution in [0.25, 0.3) is 88.8 Å². The van der Waals surface area contributed by atoms with E-state index in [1.54, 1.807) is 0 Å². The van der Waals surface area contributed by atoms with E-state index in [1.165, 1.54) is 27.4 Å². The molecule has 0 fully saturated rings. The molecule has 10 rings (SSSR count). The maximum Gasteiger partial charge on any atom is 0.138 e. The summed E-state index contributed by atoms with van der Waals surface area (Å²) in [5, 5.41) is 3.56. The molecule has 4 heteroatoms. The van der Waals surface area contributed by atoms with E-state index >= 15 is 0 Å². The van der Waals surface area contributed by atoms with Crippen molar-refractivity contribution in [3.05, 3.63) is 182 Å². The molecule has 4 heterocycles. The summed E-state index contributed by atoms with van der Waals surface area (Å²) in [6.07, 6.45) is 1.88. The minimum absolute atomic E-state index is 0.856. The Labute approximate surface area is 289 Å². The van der Waals surface area contributed by atoms with Crippen LogP contribution in [0, 0.1) is 0 Å². The van der Waals surface area contributed by atoms with Gasteiger partial charge in [0.05, 0.1) is 33.3 Å². The van der Waals surface area contributed by atoms with Gasteiger partial charge >= 0.3 is 0 Å². The summed E-state index contributed by atoms with van der Waals surface area (Å²) in [7, 11) is 0. The maximum atomic E-state index is 5.33. The topological polar surface area (TPSA) is 35.6 Å². The molecule has 0 saturated heterocycles. The quantitative estimate of drug-likeness (QED) is 0.188. The number of rotatable bonds is 5. The third-order valence-corrected chi connectivity index (χ3v) is 9.76. The molecule has 0 aliphatic rings. The van der Waals surface area contributed by atoms with Crippen molar-refractivity contribution >= 4 is 43.7 Å². The van der Waals surface area contributed by atoms with Crippen molar-refractivity contribution in [1.29, 1.82) is 0 Å². The van der Waals surface area contributed by atoms with E-state index < -0.39 is 0 Å². The molecule has 0 aliphatic heterocycles. The van der Waals surface area contributed by atoms with Crippen LogP contribution in [0.4, 0.5) is 0 Å². The highest BCUT2D eigenvalue weighted by Gasteiger charge is 2.20. The molecule has 0 amide bonds. The zero-order valence-corrected chi connectivity index (χ0v) is 27.1. The zero-order valence-electron chi connectivity index (χ0n) is 27.1. The Kier molecular flexibility index (Phi) is 6.46. The van der Waals surface area contributed by atoms with Crippen molar-refractivity contribution in [2.24, 2.45) is 0 Å². The normalized spacial score (nSPS) is 11.6. The molecule has 0 aliphatic carbocycles. The predicted octanol–water partition coefficient (Wildman–Crippen LogP) is 11.7. The largest absolute Gasteiger partial charge is 0.309 e. The van der Waals surface area contributed by atoms with E-state index in [9.17, 15) is 0 Å². The maximum absolute atomic E-state index is 5.33. The van der Waals surface area contributed by atoms with Crippen molar-refractivity contribution in [3.63, 3.8) is 0 Å². The van der Waals surface area contributed by atoms with Crippen LogP contribution in [0.15, 0.2) is 182 Å². The Morgan fingerprint density at radius 3 is 1.92 bits per heavy atom. The Bertz CT molecular complexity index is 2790. The van der Waals surface area contributed by atoms with Crippen LogP contribution in [0.5, 0.6) is 0 Å². The van der Waals surface area contributed by atoms with Crippen LogP contribution >= 0.6 is 0 Å². The van der Waals surface area contributed by atoms with Gasteiger partial charge < -0.3 is 4.57 Å². The van der Waals surface area contributed by atoms with E-state index in [4.69, 9.17) is 9.97 Å². The lowest BCUT2D eigenvalue weighted by Crippen LogP contribution is -2.00. The number of fused-ring (bicyclic) bond motifs is 6. The van der Waals surface area contributed by atoms with Gasteiger partial charge in [0.15, 0.2) is 0 Å². The number of para-hydroxylation sites is 2. The number of benzene rings is 6. The molecule has 50 heavy (non-hydrogen) atoms. The number of hydrogen-bond donors (Lipinski definition) is 0. The van der Waals surface area contributed by atoms with Crippen molar-refractivity contribution in [1.82, 2.24) is 19.1 Å². The standard InChI is InChI=1S/C46H30N4/c1-4-14-31(15-5-1)34-28-39(32-16-6-2-7-17-32)48-44(30-34)50-42-24-13-27-47-46(42)38-26-25-33(29-43(38)50)36-21-12-23-41-45(36)37-20-10-11-22-40(37)49(41)35-18-8-3-9-19-35/h1-30H. The summed E-state index contributed by atoms with van der Waals surface area (Å²) in [6.45, 7) is 0. The fourth-order valence-electron chi connectivity index (χ4n) is 7.55. The van der Waals surface area contributed by atoms with Gasteiger partial charge in [-0.3, -0.25) is 9.55 Å². The van der Waals surface area contributed by atoms with Crippen molar-refractivity contribution in [2.45, 2.75) is 0 Å². The molecule has 4 nitrogen and oxygen atoms in total. The summed E-state index contributed by atoms with van der Waals surface area (Å²) < 4.78 is 4.66. The first-order chi connectivity index (χ1) is 24.8. The monoisotopic (exact) mass is 638 g/mol. The van der Waals surface area contributed by atoms with Gasteiger partial charge in [-0.05, 0) is 82.9 Å². The average molecular weight is 639 g/mol. The molecule has 4 aromatic heterocycles. The SMILES string of the molecule is c1ccc(-c2cc(-c3ccccc3)nc(-n3c4cc(-c5cccc6c5c5ccccc5n6-c5ccccc5)ccc4c4ncccc43)c2)cc1. The van der Waals surface area contributed by atoms with E-state index in [-0.39, 0.29) is 0 Å². The molecule has 0 saturated carbocycles. The molecular weight excluding hydrogens is 609 g/mol. The Morgan fingerprint density at radius 2 is 1.10 bits per heavy atom. The van der Waals surface area contributed by atoms with E-state index in [1.807, 2.05) is 18.3 Å². The van der Waals surface area contributed by atoms with Gasteiger partial charge in [-0.2, -0.15) is 0 Å². The highest BCUT2D eigenvalue weighted by molar-refractivity contribution is 6.17. The average Bonchev–Trinajstić information content (AvgIpc) is 3.71. The zero-order chi connectivity index (χ0) is 33.0. The van der Waals surface area contributed by atoms with Gasteiger partial charge in [0.2, 0.25) is 0 Å². The van der Waals surface area contributed by atoms with Crippen LogP contribution in [0.3, 0.4) is 0 Å². The third kappa shape index (κ3) is 4.46. The Morgan fingerprint density at radius 1 is 0.400 bits per heavy atom. The minimum Gasteiger partial charge on any atom is -0.309 e. The second-order valence-corrected chi connectivity index (χ2v) is 12.7. The first kappa shape index (κ1) is 28.3. The van der Waals surface area contributed by atoms with Crippen LogP contribution in [-0.2, 0) is 0 Å². The second-order valence-electron chi connectivity index (χ2n) is 12.7. The summed E-state index contributed by atoms with van der Waals surface area (Å²) >= 11 is 0. The minimum atomic E-state index is 0.856. The lowest BCUT2D eigenvalue weighted by Gasteiger charge is -2.13. The van der Waals surface area contributed by atoms with Gasteiger partial charge in [-0.15, -0.1) is 0 Å². The molecule has 10 aromatic rings. The summed E-state index contributed by atoms with van der Waals surface area (Å²) in [6, 6.07) is 62.3. The summed E-state index contributed by atoms with van der Waals surface area (Å²) in [5.41, 5.74) is 13.2. The highest BCUT2D eigenvalue weighted by Crippen LogP contribution is 2.41. The van der Waals surface area contributed by atoms with Crippen LogP contribution in [0.1, 0.15) is 0 Å². The summed E-state index contributed by atoms with van der Waals surface area (Å²) in [4.78, 5) is 10.2. The van der Waals surface area contributed by atoms with Crippen molar-refractivity contribution in [2.75, 3.05) is 0 Å². The van der Waals surface area contributed by atoms with E-state index in [0.29, 0.717) is 0 Å². The smallest absolute Gasteiger partial charge is 0.138 e. The molecule has 0 N–H and O–H groups in total. The molecule has 0 radical (unpaired) electrons. The van der Waals surface area contributed by atoms with E-state index in [2.05, 4.69) is 173 Å². The van der Waals surface area contributed by atoms with Crippen molar-refractivity contribution < 1.29 is 0 Å². The lowest BCUT2D eigenvalue weighted by atomic mass is 9.98. The Balaban J connectivity index is 1.25. The second kappa shape index (κ2) is 11.4. The number of nitrogens with zero attached hydrogens (tertiary/aromatic N) is 4. The molecule has 0 unspecified atom stereocenters. The third-order valence-electron chi connectivity index (χ3n) is 9.76.